The van der Waals surface area contributed by atoms with E-state index in [0.717, 1.165) is 5.56 Å². The largest absolute Gasteiger partial charge is 0.309 e. The standard InChI is InChI=1S/C11H12N2O3/c1-7(2)12-10-6-9(13(15)16)4-3-8(10)5-11(12)14/h3-4,6-7H,5H2,1-2H3. The van der Waals surface area contributed by atoms with Crippen LogP contribution in [0.15, 0.2) is 18.2 Å². The van der Waals surface area contributed by atoms with Crippen LogP contribution in [0.3, 0.4) is 0 Å². The molecule has 0 atom stereocenters. The molecule has 0 aromatic heterocycles. The molecule has 0 spiro atoms. The third kappa shape index (κ3) is 1.54. The van der Waals surface area contributed by atoms with Crippen LogP contribution < -0.4 is 4.90 Å². The monoisotopic (exact) mass is 220 g/mol. The molecule has 1 aliphatic heterocycles. The van der Waals surface area contributed by atoms with Crippen LogP contribution in [-0.2, 0) is 11.2 Å². The van der Waals surface area contributed by atoms with Crippen LogP contribution in [-0.4, -0.2) is 16.9 Å². The number of carbonyl (C=O) groups is 1. The van der Waals surface area contributed by atoms with Gasteiger partial charge in [-0.3, -0.25) is 14.9 Å². The molecule has 1 amide bonds. The molecule has 0 bridgehead atoms. The van der Waals surface area contributed by atoms with Crippen molar-refractivity contribution >= 4 is 17.3 Å². The molecule has 1 aromatic carbocycles. The smallest absolute Gasteiger partial charge is 0.271 e. The van der Waals surface area contributed by atoms with E-state index in [1.54, 1.807) is 11.0 Å². The van der Waals surface area contributed by atoms with E-state index in [4.69, 9.17) is 0 Å². The number of anilines is 1. The van der Waals surface area contributed by atoms with E-state index in [2.05, 4.69) is 0 Å². The van der Waals surface area contributed by atoms with Gasteiger partial charge in [0.15, 0.2) is 0 Å². The molecule has 5 heteroatoms. The first-order valence-electron chi connectivity index (χ1n) is 5.10. The van der Waals surface area contributed by atoms with Gasteiger partial charge < -0.3 is 4.90 Å². The Hall–Kier alpha value is -1.91. The number of hydrogen-bond donors (Lipinski definition) is 0. The minimum Gasteiger partial charge on any atom is -0.309 e. The van der Waals surface area contributed by atoms with Crippen molar-refractivity contribution in [1.29, 1.82) is 0 Å². The van der Waals surface area contributed by atoms with E-state index in [9.17, 15) is 14.9 Å². The number of benzene rings is 1. The minimum atomic E-state index is -0.443. The van der Waals surface area contributed by atoms with Gasteiger partial charge in [0.05, 0.1) is 17.0 Å². The second-order valence-electron chi connectivity index (χ2n) is 4.10. The normalized spacial score (nSPS) is 14.4. The van der Waals surface area contributed by atoms with Gasteiger partial charge in [0, 0.05) is 18.2 Å². The molecule has 5 nitrogen and oxygen atoms in total. The molecule has 1 aliphatic rings. The molecular formula is C11H12N2O3. The Morgan fingerprint density at radius 2 is 2.12 bits per heavy atom. The van der Waals surface area contributed by atoms with Gasteiger partial charge in [0.25, 0.3) is 5.69 Å². The number of non-ortho nitro benzene ring substituents is 1. The summed E-state index contributed by atoms with van der Waals surface area (Å²) in [5.74, 6) is 0.00509. The number of carbonyl (C=O) groups excluding carboxylic acids is 1. The van der Waals surface area contributed by atoms with Gasteiger partial charge in [0.1, 0.15) is 0 Å². The fourth-order valence-electron chi connectivity index (χ4n) is 1.99. The van der Waals surface area contributed by atoms with E-state index in [1.165, 1.54) is 12.1 Å². The van der Waals surface area contributed by atoms with E-state index in [0.29, 0.717) is 12.1 Å². The zero-order chi connectivity index (χ0) is 11.9. The van der Waals surface area contributed by atoms with Crippen LogP contribution in [0.2, 0.25) is 0 Å². The highest BCUT2D eigenvalue weighted by atomic mass is 16.6. The molecule has 0 saturated carbocycles. The van der Waals surface area contributed by atoms with E-state index >= 15 is 0 Å². The van der Waals surface area contributed by atoms with E-state index < -0.39 is 4.92 Å². The SMILES string of the molecule is CC(C)N1C(=O)Cc2ccc([N+](=O)[O-])cc21. The molecule has 0 aliphatic carbocycles. The number of rotatable bonds is 2. The van der Waals surface area contributed by atoms with Gasteiger partial charge in [-0.25, -0.2) is 0 Å². The Labute approximate surface area is 92.8 Å². The number of nitro groups is 1. The van der Waals surface area contributed by atoms with Gasteiger partial charge >= 0.3 is 0 Å². The van der Waals surface area contributed by atoms with Crippen LogP contribution >= 0.6 is 0 Å². The molecule has 0 radical (unpaired) electrons. The van der Waals surface area contributed by atoms with Gasteiger partial charge in [-0.2, -0.15) is 0 Å². The Kier molecular flexibility index (Phi) is 2.38. The summed E-state index contributed by atoms with van der Waals surface area (Å²) in [4.78, 5) is 23.5. The summed E-state index contributed by atoms with van der Waals surface area (Å²) < 4.78 is 0. The molecular weight excluding hydrogens is 208 g/mol. The van der Waals surface area contributed by atoms with Crippen molar-refractivity contribution in [3.05, 3.63) is 33.9 Å². The molecule has 2 rings (SSSR count). The molecule has 16 heavy (non-hydrogen) atoms. The second-order valence-corrected chi connectivity index (χ2v) is 4.10. The number of hydrogen-bond acceptors (Lipinski definition) is 3. The maximum atomic E-state index is 11.7. The first-order chi connectivity index (χ1) is 7.50. The topological polar surface area (TPSA) is 63.5 Å². The van der Waals surface area contributed by atoms with Crippen molar-refractivity contribution in [1.82, 2.24) is 0 Å². The Bertz CT molecular complexity index is 468. The Morgan fingerprint density at radius 1 is 1.44 bits per heavy atom. The summed E-state index contributed by atoms with van der Waals surface area (Å²) in [5.41, 5.74) is 1.57. The predicted molar refractivity (Wildman–Crippen MR) is 59.4 cm³/mol. The van der Waals surface area contributed by atoms with Gasteiger partial charge in [-0.15, -0.1) is 0 Å². The fourth-order valence-corrected chi connectivity index (χ4v) is 1.99. The van der Waals surface area contributed by atoms with Crippen molar-refractivity contribution in [3.8, 4) is 0 Å². The highest BCUT2D eigenvalue weighted by Gasteiger charge is 2.30. The first-order valence-corrected chi connectivity index (χ1v) is 5.10. The van der Waals surface area contributed by atoms with Crippen LogP contribution in [0.1, 0.15) is 19.4 Å². The summed E-state index contributed by atoms with van der Waals surface area (Å²) in [6.07, 6.45) is 0.339. The lowest BCUT2D eigenvalue weighted by Gasteiger charge is -2.21. The summed E-state index contributed by atoms with van der Waals surface area (Å²) in [6, 6.07) is 4.60. The van der Waals surface area contributed by atoms with Crippen molar-refractivity contribution < 1.29 is 9.72 Å². The average molecular weight is 220 g/mol. The van der Waals surface area contributed by atoms with Crippen LogP contribution in [0.5, 0.6) is 0 Å². The summed E-state index contributed by atoms with van der Waals surface area (Å²) >= 11 is 0. The van der Waals surface area contributed by atoms with Crippen molar-refractivity contribution in [3.63, 3.8) is 0 Å². The van der Waals surface area contributed by atoms with E-state index in [-0.39, 0.29) is 17.6 Å². The minimum absolute atomic E-state index is 0.00509. The third-order valence-corrected chi connectivity index (χ3v) is 2.67. The molecule has 0 saturated heterocycles. The van der Waals surface area contributed by atoms with Gasteiger partial charge in [-0.05, 0) is 25.5 Å². The predicted octanol–water partition coefficient (Wildman–Crippen LogP) is 1.89. The average Bonchev–Trinajstić information content (AvgIpc) is 2.51. The third-order valence-electron chi connectivity index (χ3n) is 2.67. The maximum Gasteiger partial charge on any atom is 0.271 e. The van der Waals surface area contributed by atoms with Crippen molar-refractivity contribution in [2.24, 2.45) is 0 Å². The summed E-state index contributed by atoms with van der Waals surface area (Å²) in [5, 5.41) is 10.7. The number of fused-ring (bicyclic) bond motifs is 1. The molecule has 0 N–H and O–H groups in total. The number of nitro benzene ring substituents is 1. The molecule has 0 fully saturated rings. The first kappa shape index (κ1) is 10.6. The van der Waals surface area contributed by atoms with Crippen LogP contribution in [0.25, 0.3) is 0 Å². The lowest BCUT2D eigenvalue weighted by Crippen LogP contribution is -2.33. The Balaban J connectivity index is 2.50. The Morgan fingerprint density at radius 3 is 2.69 bits per heavy atom. The van der Waals surface area contributed by atoms with E-state index in [1.807, 2.05) is 13.8 Å². The zero-order valence-electron chi connectivity index (χ0n) is 9.14. The lowest BCUT2D eigenvalue weighted by atomic mass is 10.1. The quantitative estimate of drug-likeness (QED) is 0.564. The molecule has 0 unspecified atom stereocenters. The number of amides is 1. The second kappa shape index (κ2) is 3.59. The zero-order valence-corrected chi connectivity index (χ0v) is 9.14. The number of nitrogens with zero attached hydrogens (tertiary/aromatic N) is 2. The molecule has 84 valence electrons. The van der Waals surface area contributed by atoms with Crippen LogP contribution in [0.4, 0.5) is 11.4 Å². The molecule has 1 aromatic rings. The summed E-state index contributed by atoms with van der Waals surface area (Å²) in [6.45, 7) is 3.79. The van der Waals surface area contributed by atoms with Crippen LogP contribution in [0, 0.1) is 10.1 Å². The van der Waals surface area contributed by atoms with Crippen molar-refractivity contribution in [2.45, 2.75) is 26.3 Å². The lowest BCUT2D eigenvalue weighted by molar-refractivity contribution is -0.384. The van der Waals surface area contributed by atoms with Gasteiger partial charge in [0.2, 0.25) is 5.91 Å². The molecule has 1 heterocycles. The maximum absolute atomic E-state index is 11.7. The fraction of sp³-hybridized carbons (Fsp3) is 0.364. The summed E-state index contributed by atoms with van der Waals surface area (Å²) in [7, 11) is 0. The van der Waals surface area contributed by atoms with Gasteiger partial charge in [-0.1, -0.05) is 0 Å². The van der Waals surface area contributed by atoms with Crippen molar-refractivity contribution in [2.75, 3.05) is 4.90 Å². The highest BCUT2D eigenvalue weighted by Crippen LogP contribution is 2.33. The highest BCUT2D eigenvalue weighted by molar-refractivity contribution is 6.02.